The van der Waals surface area contributed by atoms with E-state index in [4.69, 9.17) is 0 Å². The maximum absolute atomic E-state index is 12.7. The Bertz CT molecular complexity index is 1230. The van der Waals surface area contributed by atoms with Crippen LogP contribution in [0.4, 0.5) is 5.82 Å². The standard InChI is InChI=1S/C22H24N8OS/c1-5-29-20(17-9-7-6-8-10-17)26-27-22(29)32-13-19(31)25-18-12-16(4)28-30(18)21-23-14(2)11-15(3)24-21/h6-12H,5,13H2,1-4H3,(H,25,31). The first-order chi connectivity index (χ1) is 15.4. The Balaban J connectivity index is 1.48. The molecule has 32 heavy (non-hydrogen) atoms. The fourth-order valence-electron chi connectivity index (χ4n) is 3.33. The summed E-state index contributed by atoms with van der Waals surface area (Å²) >= 11 is 1.34. The average Bonchev–Trinajstić information content (AvgIpc) is 3.35. The van der Waals surface area contributed by atoms with Gasteiger partial charge in [-0.05, 0) is 33.8 Å². The number of anilines is 1. The Labute approximate surface area is 190 Å². The topological polar surface area (TPSA) is 103 Å². The number of carbonyl (C=O) groups excluding carboxylic acids is 1. The summed E-state index contributed by atoms with van der Waals surface area (Å²) in [6.45, 7) is 8.40. The molecule has 0 fully saturated rings. The number of aromatic nitrogens is 7. The Morgan fingerprint density at radius 2 is 1.72 bits per heavy atom. The lowest BCUT2D eigenvalue weighted by molar-refractivity contribution is -0.113. The third kappa shape index (κ3) is 4.70. The van der Waals surface area contributed by atoms with Crippen molar-refractivity contribution >= 4 is 23.5 Å². The van der Waals surface area contributed by atoms with E-state index in [1.807, 2.05) is 68.7 Å². The number of thioether (sulfide) groups is 1. The summed E-state index contributed by atoms with van der Waals surface area (Å²) in [5, 5.41) is 16.7. The van der Waals surface area contributed by atoms with Gasteiger partial charge in [0.05, 0.1) is 11.4 Å². The normalized spacial score (nSPS) is 11.0. The Kier molecular flexibility index (Phi) is 6.31. The SMILES string of the molecule is CCn1c(SCC(=O)Nc2cc(C)nn2-c2nc(C)cc(C)n2)nnc1-c1ccccc1. The van der Waals surface area contributed by atoms with E-state index < -0.39 is 0 Å². The molecule has 0 aliphatic carbocycles. The molecule has 164 valence electrons. The first-order valence-corrected chi connectivity index (χ1v) is 11.2. The minimum Gasteiger partial charge on any atom is -0.310 e. The Morgan fingerprint density at radius 1 is 1.00 bits per heavy atom. The van der Waals surface area contributed by atoms with E-state index in [0.29, 0.717) is 23.5 Å². The highest BCUT2D eigenvalue weighted by atomic mass is 32.2. The van der Waals surface area contributed by atoms with Crippen LogP contribution in [0.15, 0.2) is 47.6 Å². The van der Waals surface area contributed by atoms with Crippen molar-refractivity contribution in [2.75, 3.05) is 11.1 Å². The fraction of sp³-hybridized carbons (Fsp3) is 0.273. The molecule has 0 spiro atoms. The largest absolute Gasteiger partial charge is 0.310 e. The smallest absolute Gasteiger partial charge is 0.252 e. The van der Waals surface area contributed by atoms with Gasteiger partial charge in [-0.15, -0.1) is 10.2 Å². The van der Waals surface area contributed by atoms with Crippen LogP contribution in [0.25, 0.3) is 17.3 Å². The van der Waals surface area contributed by atoms with Gasteiger partial charge in [0.1, 0.15) is 5.82 Å². The predicted octanol–water partition coefficient (Wildman–Crippen LogP) is 3.60. The molecule has 10 heteroatoms. The van der Waals surface area contributed by atoms with Gasteiger partial charge in [-0.3, -0.25) is 4.79 Å². The number of hydrogen-bond acceptors (Lipinski definition) is 7. The predicted molar refractivity (Wildman–Crippen MR) is 124 cm³/mol. The van der Waals surface area contributed by atoms with E-state index in [9.17, 15) is 4.79 Å². The first-order valence-electron chi connectivity index (χ1n) is 10.2. The van der Waals surface area contributed by atoms with Crippen LogP contribution in [-0.2, 0) is 11.3 Å². The van der Waals surface area contributed by atoms with Gasteiger partial charge < -0.3 is 9.88 Å². The maximum Gasteiger partial charge on any atom is 0.252 e. The molecule has 0 atom stereocenters. The number of aryl methyl sites for hydroxylation is 3. The number of nitrogens with zero attached hydrogens (tertiary/aromatic N) is 7. The van der Waals surface area contributed by atoms with Gasteiger partial charge >= 0.3 is 0 Å². The van der Waals surface area contributed by atoms with E-state index in [1.165, 1.54) is 11.8 Å². The number of rotatable bonds is 7. The summed E-state index contributed by atoms with van der Waals surface area (Å²) in [6.07, 6.45) is 0. The lowest BCUT2D eigenvalue weighted by Gasteiger charge is -2.09. The molecule has 9 nitrogen and oxygen atoms in total. The van der Waals surface area contributed by atoms with Crippen LogP contribution >= 0.6 is 11.8 Å². The quantitative estimate of drug-likeness (QED) is 0.431. The molecule has 1 N–H and O–H groups in total. The summed E-state index contributed by atoms with van der Waals surface area (Å²) in [7, 11) is 0. The van der Waals surface area contributed by atoms with Crippen molar-refractivity contribution in [3.8, 4) is 17.3 Å². The van der Waals surface area contributed by atoms with Crippen molar-refractivity contribution in [1.29, 1.82) is 0 Å². The molecule has 0 radical (unpaired) electrons. The minimum atomic E-state index is -0.174. The molecule has 4 aromatic rings. The molecule has 0 saturated heterocycles. The van der Waals surface area contributed by atoms with Crippen LogP contribution < -0.4 is 5.32 Å². The zero-order valence-electron chi connectivity index (χ0n) is 18.4. The van der Waals surface area contributed by atoms with Gasteiger partial charge in [0.2, 0.25) is 5.91 Å². The highest BCUT2D eigenvalue weighted by Gasteiger charge is 2.17. The van der Waals surface area contributed by atoms with Crippen molar-refractivity contribution in [2.24, 2.45) is 0 Å². The van der Waals surface area contributed by atoms with Crippen LogP contribution in [0, 0.1) is 20.8 Å². The monoisotopic (exact) mass is 448 g/mol. The van der Waals surface area contributed by atoms with Crippen molar-refractivity contribution in [3.05, 3.63) is 59.5 Å². The van der Waals surface area contributed by atoms with Gasteiger partial charge in [-0.1, -0.05) is 42.1 Å². The third-order valence-corrected chi connectivity index (χ3v) is 5.62. The Hall–Kier alpha value is -3.53. The molecule has 0 bridgehead atoms. The highest BCUT2D eigenvalue weighted by molar-refractivity contribution is 7.99. The number of hydrogen-bond donors (Lipinski definition) is 1. The summed E-state index contributed by atoms with van der Waals surface area (Å²) in [4.78, 5) is 21.6. The van der Waals surface area contributed by atoms with Crippen LogP contribution in [-0.4, -0.2) is 46.2 Å². The second-order valence-corrected chi connectivity index (χ2v) is 8.23. The van der Waals surface area contributed by atoms with E-state index in [-0.39, 0.29) is 11.7 Å². The van der Waals surface area contributed by atoms with E-state index in [2.05, 4.69) is 30.6 Å². The van der Waals surface area contributed by atoms with Gasteiger partial charge in [0.15, 0.2) is 11.0 Å². The molecular formula is C22H24N8OS. The van der Waals surface area contributed by atoms with Crippen molar-refractivity contribution in [2.45, 2.75) is 39.4 Å². The zero-order valence-corrected chi connectivity index (χ0v) is 19.2. The van der Waals surface area contributed by atoms with E-state index >= 15 is 0 Å². The van der Waals surface area contributed by atoms with E-state index in [0.717, 1.165) is 28.5 Å². The molecule has 0 aliphatic rings. The Morgan fingerprint density at radius 3 is 2.41 bits per heavy atom. The molecule has 4 rings (SSSR count). The second-order valence-electron chi connectivity index (χ2n) is 7.29. The van der Waals surface area contributed by atoms with Crippen LogP contribution in [0.5, 0.6) is 0 Å². The molecule has 0 unspecified atom stereocenters. The number of benzene rings is 1. The first kappa shape index (κ1) is 21.7. The van der Waals surface area contributed by atoms with Gasteiger partial charge in [0.25, 0.3) is 5.95 Å². The number of amides is 1. The number of nitrogens with one attached hydrogen (secondary N) is 1. The molecule has 3 heterocycles. The molecular weight excluding hydrogens is 424 g/mol. The number of carbonyl (C=O) groups is 1. The molecule has 1 amide bonds. The van der Waals surface area contributed by atoms with Crippen LogP contribution in [0.1, 0.15) is 24.0 Å². The highest BCUT2D eigenvalue weighted by Crippen LogP contribution is 2.24. The lowest BCUT2D eigenvalue weighted by Crippen LogP contribution is -2.18. The van der Waals surface area contributed by atoms with Gasteiger partial charge in [-0.25, -0.2) is 9.97 Å². The van der Waals surface area contributed by atoms with Crippen LogP contribution in [0.3, 0.4) is 0 Å². The van der Waals surface area contributed by atoms with Crippen molar-refractivity contribution in [1.82, 2.24) is 34.5 Å². The molecule has 0 saturated carbocycles. The molecule has 1 aromatic carbocycles. The fourth-order valence-corrected chi connectivity index (χ4v) is 4.14. The summed E-state index contributed by atoms with van der Waals surface area (Å²) in [6, 6.07) is 13.6. The molecule has 0 aliphatic heterocycles. The summed E-state index contributed by atoms with van der Waals surface area (Å²) in [5.41, 5.74) is 3.42. The average molecular weight is 449 g/mol. The summed E-state index contributed by atoms with van der Waals surface area (Å²) < 4.78 is 3.56. The van der Waals surface area contributed by atoms with E-state index in [1.54, 1.807) is 10.7 Å². The van der Waals surface area contributed by atoms with Gasteiger partial charge in [0, 0.05) is 29.6 Å². The van der Waals surface area contributed by atoms with Crippen molar-refractivity contribution in [3.63, 3.8) is 0 Å². The second kappa shape index (κ2) is 9.31. The van der Waals surface area contributed by atoms with Gasteiger partial charge in [-0.2, -0.15) is 9.78 Å². The zero-order chi connectivity index (χ0) is 22.7. The van der Waals surface area contributed by atoms with Crippen molar-refractivity contribution < 1.29 is 4.79 Å². The minimum absolute atomic E-state index is 0.174. The lowest BCUT2D eigenvalue weighted by atomic mass is 10.2. The molecule has 3 aromatic heterocycles. The van der Waals surface area contributed by atoms with Crippen LogP contribution in [0.2, 0.25) is 0 Å². The summed E-state index contributed by atoms with van der Waals surface area (Å²) in [5.74, 6) is 1.76. The maximum atomic E-state index is 12.7. The third-order valence-electron chi connectivity index (χ3n) is 4.66.